The Morgan fingerprint density at radius 3 is 2.72 bits per heavy atom. The summed E-state index contributed by atoms with van der Waals surface area (Å²) in [6.07, 6.45) is 2.88. The first kappa shape index (κ1) is 17.2. The molecule has 0 saturated carbocycles. The minimum absolute atomic E-state index is 0.00583. The van der Waals surface area contributed by atoms with Crippen molar-refractivity contribution in [3.63, 3.8) is 0 Å². The van der Waals surface area contributed by atoms with Crippen molar-refractivity contribution in [1.29, 1.82) is 0 Å². The van der Waals surface area contributed by atoms with Crippen LogP contribution < -0.4 is 5.32 Å². The summed E-state index contributed by atoms with van der Waals surface area (Å²) in [5.74, 6) is 0.946. The number of carbonyl (C=O) groups is 1. The molecule has 0 fully saturated rings. The molecule has 25 heavy (non-hydrogen) atoms. The third-order valence-electron chi connectivity index (χ3n) is 3.99. The lowest BCUT2D eigenvalue weighted by atomic mass is 10.1. The average molecular weight is 354 g/mol. The van der Waals surface area contributed by atoms with Gasteiger partial charge in [-0.15, -0.1) is 6.58 Å². The maximum absolute atomic E-state index is 12.1. The number of halogens is 1. The number of rotatable bonds is 7. The van der Waals surface area contributed by atoms with Gasteiger partial charge in [0.05, 0.1) is 17.5 Å². The number of allylic oxidation sites excluding steroid dienone is 1. The normalized spacial score (nSPS) is 10.8. The van der Waals surface area contributed by atoms with Crippen molar-refractivity contribution in [2.75, 3.05) is 6.54 Å². The van der Waals surface area contributed by atoms with Crippen LogP contribution in [0.3, 0.4) is 0 Å². The minimum atomic E-state index is -0.00583. The highest BCUT2D eigenvalue weighted by Crippen LogP contribution is 2.16. The lowest BCUT2D eigenvalue weighted by Gasteiger charge is -2.08. The third-order valence-corrected chi connectivity index (χ3v) is 4.25. The zero-order valence-electron chi connectivity index (χ0n) is 13.9. The number of carbonyl (C=O) groups excluding carboxylic acids is 1. The molecule has 3 rings (SSSR count). The molecule has 3 aromatic rings. The molecule has 0 unspecified atom stereocenters. The molecule has 0 atom stereocenters. The van der Waals surface area contributed by atoms with Gasteiger partial charge in [-0.3, -0.25) is 4.79 Å². The average Bonchev–Trinajstić information content (AvgIpc) is 2.95. The van der Waals surface area contributed by atoms with E-state index in [-0.39, 0.29) is 5.91 Å². The fourth-order valence-corrected chi connectivity index (χ4v) is 2.94. The van der Waals surface area contributed by atoms with E-state index in [2.05, 4.69) is 27.5 Å². The predicted octanol–water partition coefficient (Wildman–Crippen LogP) is 3.78. The van der Waals surface area contributed by atoms with Gasteiger partial charge in [0.15, 0.2) is 0 Å². The van der Waals surface area contributed by atoms with Crippen LogP contribution in [0.25, 0.3) is 11.0 Å². The van der Waals surface area contributed by atoms with Crippen LogP contribution in [0.4, 0.5) is 0 Å². The van der Waals surface area contributed by atoms with E-state index in [9.17, 15) is 4.79 Å². The summed E-state index contributed by atoms with van der Waals surface area (Å²) < 4.78 is 2.13. The fourth-order valence-electron chi connectivity index (χ4n) is 2.81. The summed E-state index contributed by atoms with van der Waals surface area (Å²) >= 11 is 5.86. The zero-order chi connectivity index (χ0) is 17.6. The van der Waals surface area contributed by atoms with E-state index in [4.69, 9.17) is 11.6 Å². The molecule has 1 aromatic heterocycles. The molecule has 0 aliphatic heterocycles. The Morgan fingerprint density at radius 2 is 1.96 bits per heavy atom. The lowest BCUT2D eigenvalue weighted by Crippen LogP contribution is -2.27. The van der Waals surface area contributed by atoms with Gasteiger partial charge in [0.1, 0.15) is 5.82 Å². The highest BCUT2D eigenvalue weighted by Gasteiger charge is 2.10. The highest BCUT2D eigenvalue weighted by atomic mass is 35.5. The first-order valence-electron chi connectivity index (χ1n) is 8.23. The van der Waals surface area contributed by atoms with Crippen LogP contribution in [-0.2, 0) is 24.2 Å². The van der Waals surface area contributed by atoms with Crippen molar-refractivity contribution < 1.29 is 4.79 Å². The molecule has 1 amide bonds. The molecule has 2 aromatic carbocycles. The second kappa shape index (κ2) is 7.99. The van der Waals surface area contributed by atoms with E-state index in [0.717, 1.165) is 22.4 Å². The summed E-state index contributed by atoms with van der Waals surface area (Å²) in [4.78, 5) is 16.8. The van der Waals surface area contributed by atoms with Crippen LogP contribution in [0.2, 0.25) is 5.02 Å². The second-order valence-corrected chi connectivity index (χ2v) is 6.26. The van der Waals surface area contributed by atoms with Crippen LogP contribution in [0, 0.1) is 0 Å². The summed E-state index contributed by atoms with van der Waals surface area (Å²) in [6.45, 7) is 5.07. The Kier molecular flexibility index (Phi) is 5.51. The SMILES string of the molecule is C=CCn1c(CCNC(=O)Cc2ccc(Cl)cc2)nc2ccccc21. The van der Waals surface area contributed by atoms with Gasteiger partial charge in [0.2, 0.25) is 5.91 Å². The van der Waals surface area contributed by atoms with Crippen LogP contribution in [0.1, 0.15) is 11.4 Å². The molecule has 0 saturated heterocycles. The topological polar surface area (TPSA) is 46.9 Å². The van der Waals surface area contributed by atoms with Gasteiger partial charge in [-0.2, -0.15) is 0 Å². The van der Waals surface area contributed by atoms with Crippen molar-refractivity contribution in [3.8, 4) is 0 Å². The van der Waals surface area contributed by atoms with Gasteiger partial charge in [0.25, 0.3) is 0 Å². The number of hydrogen-bond acceptors (Lipinski definition) is 2. The number of aromatic nitrogens is 2. The van der Waals surface area contributed by atoms with Crippen LogP contribution in [-0.4, -0.2) is 22.0 Å². The minimum Gasteiger partial charge on any atom is -0.355 e. The van der Waals surface area contributed by atoms with Crippen molar-refractivity contribution in [2.45, 2.75) is 19.4 Å². The summed E-state index contributed by atoms with van der Waals surface area (Å²) in [6, 6.07) is 15.3. The number of para-hydroxylation sites is 2. The van der Waals surface area contributed by atoms with Crippen LogP contribution >= 0.6 is 11.6 Å². The largest absolute Gasteiger partial charge is 0.355 e. The number of imidazole rings is 1. The van der Waals surface area contributed by atoms with Crippen molar-refractivity contribution >= 4 is 28.5 Å². The molecule has 0 radical (unpaired) electrons. The smallest absolute Gasteiger partial charge is 0.224 e. The second-order valence-electron chi connectivity index (χ2n) is 5.82. The van der Waals surface area contributed by atoms with Gasteiger partial charge in [-0.1, -0.05) is 41.9 Å². The summed E-state index contributed by atoms with van der Waals surface area (Å²) in [5, 5.41) is 3.63. The molecular weight excluding hydrogens is 334 g/mol. The molecule has 4 nitrogen and oxygen atoms in total. The van der Waals surface area contributed by atoms with Gasteiger partial charge < -0.3 is 9.88 Å². The molecule has 1 heterocycles. The first-order valence-corrected chi connectivity index (χ1v) is 8.61. The molecule has 128 valence electrons. The van der Waals surface area contributed by atoms with E-state index in [1.165, 1.54) is 0 Å². The molecule has 1 N–H and O–H groups in total. The summed E-state index contributed by atoms with van der Waals surface area (Å²) in [5.41, 5.74) is 3.00. The van der Waals surface area contributed by atoms with E-state index in [0.29, 0.717) is 31.0 Å². The molecule has 0 aliphatic carbocycles. The summed E-state index contributed by atoms with van der Waals surface area (Å²) in [7, 11) is 0. The zero-order valence-corrected chi connectivity index (χ0v) is 14.7. The number of nitrogens with one attached hydrogen (secondary N) is 1. The number of hydrogen-bond donors (Lipinski definition) is 1. The monoisotopic (exact) mass is 353 g/mol. The van der Waals surface area contributed by atoms with Crippen molar-refractivity contribution in [3.05, 3.63) is 77.6 Å². The van der Waals surface area contributed by atoms with Crippen LogP contribution in [0.15, 0.2) is 61.2 Å². The van der Waals surface area contributed by atoms with Crippen molar-refractivity contribution in [1.82, 2.24) is 14.9 Å². The lowest BCUT2D eigenvalue weighted by molar-refractivity contribution is -0.120. The third kappa shape index (κ3) is 4.28. The fraction of sp³-hybridized carbons (Fsp3) is 0.200. The van der Waals surface area contributed by atoms with E-state index >= 15 is 0 Å². The molecule has 0 bridgehead atoms. The maximum atomic E-state index is 12.1. The Balaban J connectivity index is 1.60. The van der Waals surface area contributed by atoms with Crippen molar-refractivity contribution in [2.24, 2.45) is 0 Å². The van der Waals surface area contributed by atoms with Gasteiger partial charge in [-0.25, -0.2) is 4.98 Å². The number of benzene rings is 2. The van der Waals surface area contributed by atoms with Crippen LogP contribution in [0.5, 0.6) is 0 Å². The number of fused-ring (bicyclic) bond motifs is 1. The number of nitrogens with zero attached hydrogens (tertiary/aromatic N) is 2. The Bertz CT molecular complexity index is 884. The molecular formula is C20H20ClN3O. The predicted molar refractivity (Wildman–Crippen MR) is 102 cm³/mol. The van der Waals surface area contributed by atoms with E-state index in [1.54, 1.807) is 12.1 Å². The van der Waals surface area contributed by atoms with Gasteiger partial charge in [-0.05, 0) is 29.8 Å². The first-order chi connectivity index (χ1) is 12.2. The van der Waals surface area contributed by atoms with Gasteiger partial charge >= 0.3 is 0 Å². The Hall–Kier alpha value is -2.59. The Labute approximate surface area is 152 Å². The highest BCUT2D eigenvalue weighted by molar-refractivity contribution is 6.30. The molecule has 5 heteroatoms. The van der Waals surface area contributed by atoms with E-state index < -0.39 is 0 Å². The Morgan fingerprint density at radius 1 is 1.20 bits per heavy atom. The maximum Gasteiger partial charge on any atom is 0.224 e. The van der Waals surface area contributed by atoms with E-state index in [1.807, 2.05) is 36.4 Å². The molecule has 0 aliphatic rings. The quantitative estimate of drug-likeness (QED) is 0.657. The standard InChI is InChI=1S/C20H20ClN3O/c1-2-13-24-18-6-4-3-5-17(18)23-19(24)11-12-22-20(25)14-15-7-9-16(21)10-8-15/h2-10H,1,11-14H2,(H,22,25). The molecule has 0 spiro atoms. The number of amides is 1. The van der Waals surface area contributed by atoms with Gasteiger partial charge in [0, 0.05) is 24.5 Å².